The summed E-state index contributed by atoms with van der Waals surface area (Å²) in [5.41, 5.74) is 4.21. The molecule has 0 atom stereocenters. The van der Waals surface area contributed by atoms with Crippen LogP contribution < -0.4 is 10.6 Å². The Labute approximate surface area is 172 Å². The highest BCUT2D eigenvalue weighted by molar-refractivity contribution is 14.0. The molecule has 0 amide bonds. The van der Waals surface area contributed by atoms with Crippen LogP contribution in [0.5, 0.6) is 0 Å². The van der Waals surface area contributed by atoms with E-state index in [1.165, 1.54) is 17.2 Å². The van der Waals surface area contributed by atoms with Crippen molar-refractivity contribution in [1.29, 1.82) is 0 Å². The molecule has 0 aromatic heterocycles. The minimum Gasteiger partial charge on any atom is -0.352 e. The van der Waals surface area contributed by atoms with Gasteiger partial charge in [-0.2, -0.15) is 0 Å². The third-order valence-electron chi connectivity index (χ3n) is 3.99. The maximum absolute atomic E-state index is 13.9. The highest BCUT2D eigenvalue weighted by atomic mass is 127. The van der Waals surface area contributed by atoms with Gasteiger partial charge in [0.1, 0.15) is 5.82 Å². The van der Waals surface area contributed by atoms with Gasteiger partial charge in [0.25, 0.3) is 0 Å². The normalized spacial score (nSPS) is 11.2. The number of guanidine groups is 1. The summed E-state index contributed by atoms with van der Waals surface area (Å²) in [5.74, 6) is 0.557. The quantitative estimate of drug-likeness (QED) is 0.385. The Bertz CT molecular complexity index is 732. The molecule has 0 aliphatic rings. The summed E-state index contributed by atoms with van der Waals surface area (Å²) in [6.45, 7) is 3.98. The molecule has 142 valence electrons. The van der Waals surface area contributed by atoms with Gasteiger partial charge in [0.15, 0.2) is 5.96 Å². The number of nitrogens with one attached hydrogen (secondary N) is 2. The second-order valence-corrected chi connectivity index (χ2v) is 6.37. The van der Waals surface area contributed by atoms with E-state index >= 15 is 0 Å². The predicted octanol–water partition coefficient (Wildman–Crippen LogP) is 3.68. The Morgan fingerprint density at radius 2 is 1.73 bits per heavy atom. The monoisotopic (exact) mass is 470 g/mol. The van der Waals surface area contributed by atoms with Gasteiger partial charge in [-0.25, -0.2) is 4.39 Å². The molecule has 2 N–H and O–H groups in total. The fourth-order valence-corrected chi connectivity index (χ4v) is 2.59. The van der Waals surface area contributed by atoms with Gasteiger partial charge in [0, 0.05) is 32.2 Å². The van der Waals surface area contributed by atoms with E-state index in [4.69, 9.17) is 0 Å². The molecule has 0 unspecified atom stereocenters. The van der Waals surface area contributed by atoms with Crippen LogP contribution in [-0.4, -0.2) is 32.0 Å². The molecule has 0 saturated carbocycles. The van der Waals surface area contributed by atoms with E-state index in [0.717, 1.165) is 11.5 Å². The summed E-state index contributed by atoms with van der Waals surface area (Å²) in [7, 11) is 5.61. The Morgan fingerprint density at radius 3 is 2.38 bits per heavy atom. The topological polar surface area (TPSA) is 39.7 Å². The lowest BCUT2D eigenvalue weighted by Gasteiger charge is -2.15. The number of halogens is 2. The van der Waals surface area contributed by atoms with Gasteiger partial charge in [-0.05, 0) is 49.8 Å². The molecular formula is C20H28FIN4. The Hall–Kier alpha value is -1.67. The molecular weight excluding hydrogens is 442 g/mol. The highest BCUT2D eigenvalue weighted by Crippen LogP contribution is 2.12. The third-order valence-corrected chi connectivity index (χ3v) is 3.99. The highest BCUT2D eigenvalue weighted by Gasteiger charge is 2.06. The lowest BCUT2D eigenvalue weighted by atomic mass is 10.1. The van der Waals surface area contributed by atoms with E-state index in [1.54, 1.807) is 13.1 Å². The minimum atomic E-state index is -0.167. The number of nitrogens with zero attached hydrogens (tertiary/aromatic N) is 2. The average molecular weight is 470 g/mol. The van der Waals surface area contributed by atoms with Crippen LogP contribution >= 0.6 is 24.0 Å². The zero-order valence-electron chi connectivity index (χ0n) is 15.8. The van der Waals surface area contributed by atoms with Crippen molar-refractivity contribution in [3.05, 3.63) is 70.5 Å². The number of aliphatic imine (C=N–C) groups is 1. The maximum Gasteiger partial charge on any atom is 0.191 e. The van der Waals surface area contributed by atoms with Crippen molar-refractivity contribution in [3.8, 4) is 0 Å². The molecule has 0 aliphatic heterocycles. The first kappa shape index (κ1) is 22.4. The van der Waals surface area contributed by atoms with E-state index in [1.807, 2.05) is 37.2 Å². The average Bonchev–Trinajstić information content (AvgIpc) is 2.58. The van der Waals surface area contributed by atoms with Crippen LogP contribution in [0.4, 0.5) is 4.39 Å². The molecule has 0 radical (unpaired) electrons. The molecule has 0 heterocycles. The molecule has 2 rings (SSSR count). The molecule has 0 spiro atoms. The Kier molecular flexibility index (Phi) is 9.58. The molecule has 0 aliphatic carbocycles. The zero-order valence-corrected chi connectivity index (χ0v) is 18.2. The minimum absolute atomic E-state index is 0. The van der Waals surface area contributed by atoms with E-state index in [9.17, 15) is 4.39 Å². The summed E-state index contributed by atoms with van der Waals surface area (Å²) in [4.78, 5) is 6.20. The summed E-state index contributed by atoms with van der Waals surface area (Å²) in [6, 6.07) is 13.5. The van der Waals surface area contributed by atoms with E-state index in [-0.39, 0.29) is 29.8 Å². The van der Waals surface area contributed by atoms with Crippen LogP contribution in [0.1, 0.15) is 22.3 Å². The molecule has 0 fully saturated rings. The van der Waals surface area contributed by atoms with Crippen LogP contribution in [0.2, 0.25) is 0 Å². The lowest BCUT2D eigenvalue weighted by molar-refractivity contribution is 0.392. The SMILES string of the molecule is CN=C(NCc1ccc(F)c(CN(C)C)c1)NCc1ccccc1C.I. The first-order valence-electron chi connectivity index (χ1n) is 8.40. The second kappa shape index (κ2) is 11.1. The van der Waals surface area contributed by atoms with Crippen molar-refractivity contribution in [3.63, 3.8) is 0 Å². The lowest BCUT2D eigenvalue weighted by Crippen LogP contribution is -2.36. The summed E-state index contributed by atoms with van der Waals surface area (Å²) < 4.78 is 13.9. The van der Waals surface area contributed by atoms with Crippen LogP contribution in [0, 0.1) is 12.7 Å². The molecule has 26 heavy (non-hydrogen) atoms. The van der Waals surface area contributed by atoms with Crippen LogP contribution in [0.15, 0.2) is 47.5 Å². The zero-order chi connectivity index (χ0) is 18.2. The van der Waals surface area contributed by atoms with Gasteiger partial charge in [-0.1, -0.05) is 30.3 Å². The first-order valence-corrected chi connectivity index (χ1v) is 8.40. The summed E-state index contributed by atoms with van der Waals surface area (Å²) >= 11 is 0. The first-order chi connectivity index (χ1) is 12.0. The summed E-state index contributed by atoms with van der Waals surface area (Å²) in [5, 5.41) is 6.59. The Morgan fingerprint density at radius 1 is 1.04 bits per heavy atom. The predicted molar refractivity (Wildman–Crippen MR) is 117 cm³/mol. The Balaban J connectivity index is 0.00000338. The number of rotatable bonds is 6. The van der Waals surface area contributed by atoms with Crippen molar-refractivity contribution in [1.82, 2.24) is 15.5 Å². The smallest absolute Gasteiger partial charge is 0.191 e. The van der Waals surface area contributed by atoms with Crippen molar-refractivity contribution in [2.45, 2.75) is 26.6 Å². The van der Waals surface area contributed by atoms with Crippen LogP contribution in [0.3, 0.4) is 0 Å². The molecule has 2 aromatic carbocycles. The van der Waals surface area contributed by atoms with E-state index in [2.05, 4.69) is 34.7 Å². The van der Waals surface area contributed by atoms with Crippen molar-refractivity contribution in [2.75, 3.05) is 21.1 Å². The van der Waals surface area contributed by atoms with Crippen LogP contribution in [-0.2, 0) is 19.6 Å². The second-order valence-electron chi connectivity index (χ2n) is 6.37. The molecule has 0 saturated heterocycles. The van der Waals surface area contributed by atoms with Crippen LogP contribution in [0.25, 0.3) is 0 Å². The summed E-state index contributed by atoms with van der Waals surface area (Å²) in [6.07, 6.45) is 0. The van der Waals surface area contributed by atoms with Crippen molar-refractivity contribution in [2.24, 2.45) is 4.99 Å². The number of hydrogen-bond donors (Lipinski definition) is 2. The molecule has 0 bridgehead atoms. The van der Waals surface area contributed by atoms with E-state index in [0.29, 0.717) is 25.2 Å². The standard InChI is InChI=1S/C20H27FN4.HI/c1-15-7-5-6-8-17(15)13-24-20(22-2)23-12-16-9-10-19(21)18(11-16)14-25(3)4;/h5-11H,12-14H2,1-4H3,(H2,22,23,24);1H. The fourth-order valence-electron chi connectivity index (χ4n) is 2.59. The molecule has 2 aromatic rings. The maximum atomic E-state index is 13.9. The van der Waals surface area contributed by atoms with Gasteiger partial charge in [0.2, 0.25) is 0 Å². The van der Waals surface area contributed by atoms with Gasteiger partial charge >= 0.3 is 0 Å². The number of hydrogen-bond acceptors (Lipinski definition) is 2. The molecule has 4 nitrogen and oxygen atoms in total. The number of aryl methyl sites for hydroxylation is 1. The van der Waals surface area contributed by atoms with Crippen molar-refractivity contribution < 1.29 is 4.39 Å². The molecule has 6 heteroatoms. The fraction of sp³-hybridized carbons (Fsp3) is 0.350. The largest absolute Gasteiger partial charge is 0.352 e. The van der Waals surface area contributed by atoms with Gasteiger partial charge in [0.05, 0.1) is 0 Å². The van der Waals surface area contributed by atoms with Gasteiger partial charge in [-0.3, -0.25) is 4.99 Å². The number of benzene rings is 2. The van der Waals surface area contributed by atoms with Gasteiger partial charge < -0.3 is 15.5 Å². The third kappa shape index (κ3) is 6.92. The van der Waals surface area contributed by atoms with Crippen molar-refractivity contribution >= 4 is 29.9 Å². The van der Waals surface area contributed by atoms with E-state index < -0.39 is 0 Å². The van der Waals surface area contributed by atoms with Gasteiger partial charge in [-0.15, -0.1) is 24.0 Å².